The molecule has 2 rings (SSSR count). The first-order chi connectivity index (χ1) is 8.66. The quantitative estimate of drug-likeness (QED) is 0.637. The molecular formula is C15H16N2O. The summed E-state index contributed by atoms with van der Waals surface area (Å²) in [6.07, 6.45) is 1.63. The second kappa shape index (κ2) is 5.36. The van der Waals surface area contributed by atoms with E-state index < -0.39 is 0 Å². The number of aryl methyl sites for hydroxylation is 2. The zero-order chi connectivity index (χ0) is 13.0. The van der Waals surface area contributed by atoms with Crippen LogP contribution in [0.3, 0.4) is 0 Å². The molecule has 2 aromatic rings. The van der Waals surface area contributed by atoms with Crippen LogP contribution in [0.5, 0.6) is 5.75 Å². The Morgan fingerprint density at radius 3 is 2.56 bits per heavy atom. The van der Waals surface area contributed by atoms with E-state index in [2.05, 4.69) is 10.5 Å². The highest BCUT2D eigenvalue weighted by atomic mass is 16.3. The minimum Gasteiger partial charge on any atom is -0.507 e. The fraction of sp³-hybridized carbons (Fsp3) is 0.133. The lowest BCUT2D eigenvalue weighted by molar-refractivity contribution is 0.470. The van der Waals surface area contributed by atoms with Crippen LogP contribution in [-0.4, -0.2) is 11.3 Å². The Morgan fingerprint density at radius 2 is 1.83 bits per heavy atom. The molecule has 18 heavy (non-hydrogen) atoms. The molecule has 0 atom stereocenters. The van der Waals surface area contributed by atoms with Gasteiger partial charge in [-0.15, -0.1) is 0 Å². The Morgan fingerprint density at radius 1 is 1.11 bits per heavy atom. The van der Waals surface area contributed by atoms with E-state index in [1.807, 2.05) is 56.3 Å². The number of nitrogens with one attached hydrogen (secondary N) is 1. The van der Waals surface area contributed by atoms with E-state index in [-0.39, 0.29) is 5.75 Å². The number of hydrogen-bond acceptors (Lipinski definition) is 3. The predicted octanol–water partition coefficient (Wildman–Crippen LogP) is 3.46. The van der Waals surface area contributed by atoms with Crippen LogP contribution in [0.25, 0.3) is 0 Å². The van der Waals surface area contributed by atoms with Gasteiger partial charge in [0.05, 0.1) is 11.9 Å². The van der Waals surface area contributed by atoms with Crippen LogP contribution in [-0.2, 0) is 0 Å². The minimum absolute atomic E-state index is 0.277. The third-order valence-electron chi connectivity index (χ3n) is 2.65. The topological polar surface area (TPSA) is 44.6 Å². The number of aromatic hydroxyl groups is 1. The second-order valence-corrected chi connectivity index (χ2v) is 4.26. The van der Waals surface area contributed by atoms with Crippen molar-refractivity contribution >= 4 is 11.9 Å². The standard InChI is InChI=1S/C15H16N2O/c1-11-8-12(2)15(18)13(9-11)10-16-17-14-6-4-3-5-7-14/h3-10,17-18H,1-2H3. The lowest BCUT2D eigenvalue weighted by atomic mass is 10.1. The van der Waals surface area contributed by atoms with Gasteiger partial charge in [-0.2, -0.15) is 5.10 Å². The van der Waals surface area contributed by atoms with Gasteiger partial charge in [-0.25, -0.2) is 0 Å². The average molecular weight is 240 g/mol. The van der Waals surface area contributed by atoms with Crippen molar-refractivity contribution in [1.82, 2.24) is 0 Å². The van der Waals surface area contributed by atoms with Crippen molar-refractivity contribution in [1.29, 1.82) is 0 Å². The van der Waals surface area contributed by atoms with Gasteiger partial charge < -0.3 is 5.11 Å². The highest BCUT2D eigenvalue weighted by Crippen LogP contribution is 2.22. The van der Waals surface area contributed by atoms with Crippen molar-refractivity contribution in [3.8, 4) is 5.75 Å². The summed E-state index contributed by atoms with van der Waals surface area (Å²) in [7, 11) is 0. The average Bonchev–Trinajstić information content (AvgIpc) is 2.36. The molecule has 0 saturated heterocycles. The molecule has 3 heteroatoms. The van der Waals surface area contributed by atoms with Gasteiger partial charge in [-0.3, -0.25) is 5.43 Å². The van der Waals surface area contributed by atoms with E-state index in [0.29, 0.717) is 0 Å². The zero-order valence-corrected chi connectivity index (χ0v) is 10.5. The Hall–Kier alpha value is -2.29. The van der Waals surface area contributed by atoms with Crippen molar-refractivity contribution in [2.24, 2.45) is 5.10 Å². The number of rotatable bonds is 3. The van der Waals surface area contributed by atoms with E-state index in [0.717, 1.165) is 22.4 Å². The molecule has 0 fully saturated rings. The van der Waals surface area contributed by atoms with Crippen LogP contribution in [0.1, 0.15) is 16.7 Å². The monoisotopic (exact) mass is 240 g/mol. The van der Waals surface area contributed by atoms with Gasteiger partial charge in [-0.05, 0) is 43.2 Å². The van der Waals surface area contributed by atoms with Gasteiger partial charge in [0.15, 0.2) is 0 Å². The lowest BCUT2D eigenvalue weighted by Gasteiger charge is -2.05. The maximum Gasteiger partial charge on any atom is 0.127 e. The summed E-state index contributed by atoms with van der Waals surface area (Å²) in [5, 5.41) is 14.0. The number of nitrogens with zero attached hydrogens (tertiary/aromatic N) is 1. The molecule has 0 amide bonds. The van der Waals surface area contributed by atoms with Crippen LogP contribution >= 0.6 is 0 Å². The molecule has 0 aromatic heterocycles. The molecule has 2 aromatic carbocycles. The van der Waals surface area contributed by atoms with Gasteiger partial charge in [0.1, 0.15) is 5.75 Å². The molecule has 0 bridgehead atoms. The second-order valence-electron chi connectivity index (χ2n) is 4.26. The van der Waals surface area contributed by atoms with Crippen LogP contribution in [0.15, 0.2) is 47.6 Å². The molecule has 2 N–H and O–H groups in total. The molecule has 0 aliphatic rings. The molecule has 92 valence electrons. The van der Waals surface area contributed by atoms with Crippen molar-refractivity contribution in [3.63, 3.8) is 0 Å². The Bertz CT molecular complexity index is 562. The van der Waals surface area contributed by atoms with E-state index in [1.165, 1.54) is 0 Å². The number of para-hydroxylation sites is 1. The molecule has 3 nitrogen and oxygen atoms in total. The number of benzene rings is 2. The normalized spacial score (nSPS) is 10.8. The SMILES string of the molecule is Cc1cc(C)c(O)c(C=NNc2ccccc2)c1. The van der Waals surface area contributed by atoms with Crippen LogP contribution in [0.2, 0.25) is 0 Å². The smallest absolute Gasteiger partial charge is 0.127 e. The van der Waals surface area contributed by atoms with E-state index in [4.69, 9.17) is 0 Å². The fourth-order valence-corrected chi connectivity index (χ4v) is 1.78. The van der Waals surface area contributed by atoms with E-state index in [9.17, 15) is 5.11 Å². The van der Waals surface area contributed by atoms with Gasteiger partial charge in [0, 0.05) is 5.56 Å². The molecule has 0 aliphatic heterocycles. The van der Waals surface area contributed by atoms with Crippen molar-refractivity contribution < 1.29 is 5.11 Å². The van der Waals surface area contributed by atoms with Gasteiger partial charge in [0.2, 0.25) is 0 Å². The summed E-state index contributed by atoms with van der Waals surface area (Å²) in [4.78, 5) is 0. The summed E-state index contributed by atoms with van der Waals surface area (Å²) >= 11 is 0. The van der Waals surface area contributed by atoms with Gasteiger partial charge in [0.25, 0.3) is 0 Å². The van der Waals surface area contributed by atoms with Crippen LogP contribution in [0.4, 0.5) is 5.69 Å². The minimum atomic E-state index is 0.277. The number of hydrazone groups is 1. The molecular weight excluding hydrogens is 224 g/mol. The Balaban J connectivity index is 2.15. The van der Waals surface area contributed by atoms with Gasteiger partial charge in [-0.1, -0.05) is 24.3 Å². The molecule has 0 aliphatic carbocycles. The highest BCUT2D eigenvalue weighted by molar-refractivity contribution is 5.84. The first-order valence-corrected chi connectivity index (χ1v) is 5.81. The molecule has 0 unspecified atom stereocenters. The third kappa shape index (κ3) is 2.88. The summed E-state index contributed by atoms with van der Waals surface area (Å²) in [5.41, 5.74) is 6.51. The summed E-state index contributed by atoms with van der Waals surface area (Å²) in [5.74, 6) is 0.277. The number of hydrogen-bond donors (Lipinski definition) is 2. The first-order valence-electron chi connectivity index (χ1n) is 5.81. The Labute approximate surface area is 107 Å². The highest BCUT2D eigenvalue weighted by Gasteiger charge is 2.02. The molecule has 0 radical (unpaired) electrons. The number of phenolic OH excluding ortho intramolecular Hbond substituents is 1. The fourth-order valence-electron chi connectivity index (χ4n) is 1.78. The molecule has 0 spiro atoms. The maximum absolute atomic E-state index is 9.90. The van der Waals surface area contributed by atoms with E-state index >= 15 is 0 Å². The van der Waals surface area contributed by atoms with Gasteiger partial charge >= 0.3 is 0 Å². The largest absolute Gasteiger partial charge is 0.507 e. The maximum atomic E-state index is 9.90. The lowest BCUT2D eigenvalue weighted by Crippen LogP contribution is -1.92. The first kappa shape index (κ1) is 12.2. The number of phenols is 1. The zero-order valence-electron chi connectivity index (χ0n) is 10.5. The van der Waals surface area contributed by atoms with E-state index in [1.54, 1.807) is 6.21 Å². The molecule has 0 saturated carbocycles. The summed E-state index contributed by atoms with van der Waals surface area (Å²) in [6.45, 7) is 3.87. The van der Waals surface area contributed by atoms with Crippen LogP contribution in [0, 0.1) is 13.8 Å². The van der Waals surface area contributed by atoms with Crippen molar-refractivity contribution in [3.05, 3.63) is 59.2 Å². The predicted molar refractivity (Wildman–Crippen MR) is 75.2 cm³/mol. The number of anilines is 1. The Kier molecular flexibility index (Phi) is 3.63. The van der Waals surface area contributed by atoms with Crippen LogP contribution < -0.4 is 5.43 Å². The van der Waals surface area contributed by atoms with Crippen molar-refractivity contribution in [2.75, 3.05) is 5.43 Å². The third-order valence-corrected chi connectivity index (χ3v) is 2.65. The summed E-state index contributed by atoms with van der Waals surface area (Å²) in [6, 6.07) is 13.5. The van der Waals surface area contributed by atoms with Crippen molar-refractivity contribution in [2.45, 2.75) is 13.8 Å². The summed E-state index contributed by atoms with van der Waals surface area (Å²) < 4.78 is 0. The molecule has 0 heterocycles.